The van der Waals surface area contributed by atoms with Crippen molar-refractivity contribution in [1.29, 1.82) is 0 Å². The highest BCUT2D eigenvalue weighted by molar-refractivity contribution is 5.22. The van der Waals surface area contributed by atoms with Crippen LogP contribution in [0.15, 0.2) is 11.6 Å². The van der Waals surface area contributed by atoms with Crippen molar-refractivity contribution in [2.24, 2.45) is 45.3 Å². The minimum absolute atomic E-state index is 0.0861. The van der Waals surface area contributed by atoms with Gasteiger partial charge in [-0.1, -0.05) is 46.3 Å². The van der Waals surface area contributed by atoms with Gasteiger partial charge < -0.3 is 89.7 Å². The number of fused-ring (bicyclic) bond motifs is 5. The smallest absolute Gasteiger partial charge is 0.187 e. The molecular weight excluding hydrogens is 865 g/mol. The zero-order chi connectivity index (χ0) is 48.8. The maximum absolute atomic E-state index is 12.7. The second kappa shape index (κ2) is 19.2. The summed E-state index contributed by atoms with van der Waals surface area (Å²) in [6.45, 7) is 16.8. The highest BCUT2D eigenvalue weighted by Gasteiger charge is 2.74. The van der Waals surface area contributed by atoms with E-state index < -0.39 is 151 Å². The maximum Gasteiger partial charge on any atom is 0.187 e. The number of allylic oxidation sites excluding steroid dienone is 2. The lowest BCUT2D eigenvalue weighted by Gasteiger charge is -2.72. The Bertz CT molecular complexity index is 1700. The number of aliphatic hydroxyl groups excluding tert-OH is 12. The molecule has 26 atom stereocenters. The van der Waals surface area contributed by atoms with Gasteiger partial charge in [0.15, 0.2) is 18.9 Å². The second-order valence-electron chi connectivity index (χ2n) is 23.0. The minimum atomic E-state index is -1.75. The molecule has 3 aliphatic heterocycles. The first kappa shape index (κ1) is 52.8. The molecule has 3 saturated heterocycles. The number of rotatable bonds is 12. The molecule has 0 spiro atoms. The molecule has 18 nitrogen and oxygen atoms in total. The van der Waals surface area contributed by atoms with Gasteiger partial charge in [-0.25, -0.2) is 0 Å². The SMILES string of the molecule is CC(C)=CCC[C@](C)(O[C@@H]1O[C@H](CO)[C@@H](O)[C@H](O)[C@H]1O)[C@H]1CC[C@]2(C)C1C(O)CC1[C@@]3(C)CC[C@H](O)C(C)(C)[C@@H]3[C@@H](O[C@@H]3O[C@H](CO)[C@@H](O)[C@H](O)[C@H]3O[C@H]3O[C@@H](C)[C@H](O)[C@@H](O)[C@H]3O)C[C@]12C. The molecule has 382 valence electrons. The molecule has 3 heterocycles. The van der Waals surface area contributed by atoms with Gasteiger partial charge in [0.05, 0.1) is 43.2 Å². The molecule has 0 radical (unpaired) electrons. The number of hydrogen-bond donors (Lipinski definition) is 12. The zero-order valence-corrected chi connectivity index (χ0v) is 40.2. The Hall–Kier alpha value is -0.980. The largest absolute Gasteiger partial charge is 0.394 e. The van der Waals surface area contributed by atoms with Crippen molar-refractivity contribution in [3.05, 3.63) is 11.6 Å². The standard InChI is InChI=1S/C48H82O18/c1-21(2)11-10-14-48(9,66-42-38(60)35(57)32(54)26(19-49)63-42)23-12-16-46(7)30(23)24(51)17-28-45(6)15-13-29(52)44(4,5)40(45)25(18-47(28,46)8)62-43-39(36(58)33(55)27(20-50)64-43)65-41-37(59)34(56)31(53)22(3)61-41/h11,22-43,49-60H,10,12-20H2,1-9H3/t22-,23-,24?,25-,26+,27+,28?,29-,30?,31-,32+,33+,34+,35-,36-,37+,38+,39+,40-,41+,42-,43+,45+,46+,47+,48-/m0/s1. The molecule has 0 aromatic heterocycles. The summed E-state index contributed by atoms with van der Waals surface area (Å²) in [6, 6.07) is 0. The lowest BCUT2D eigenvalue weighted by Crippen LogP contribution is -2.71. The quantitative estimate of drug-likeness (QED) is 0.0904. The number of aliphatic hydroxyl groups is 12. The molecule has 0 bridgehead atoms. The summed E-state index contributed by atoms with van der Waals surface area (Å²) in [5.74, 6) is -1.12. The first-order valence-corrected chi connectivity index (χ1v) is 24.3. The average molecular weight is 947 g/mol. The van der Waals surface area contributed by atoms with Crippen molar-refractivity contribution in [2.75, 3.05) is 13.2 Å². The molecule has 66 heavy (non-hydrogen) atoms. The summed E-state index contributed by atoms with van der Waals surface area (Å²) in [7, 11) is 0. The van der Waals surface area contributed by atoms with Gasteiger partial charge >= 0.3 is 0 Å². The molecule has 4 aliphatic carbocycles. The van der Waals surface area contributed by atoms with Crippen LogP contribution in [0.2, 0.25) is 0 Å². The third-order valence-electron chi connectivity index (χ3n) is 18.7. The second-order valence-corrected chi connectivity index (χ2v) is 23.0. The van der Waals surface area contributed by atoms with Crippen LogP contribution in [0.5, 0.6) is 0 Å². The van der Waals surface area contributed by atoms with Crippen LogP contribution >= 0.6 is 0 Å². The summed E-state index contributed by atoms with van der Waals surface area (Å²) in [5, 5.41) is 132. The molecule has 7 rings (SSSR count). The van der Waals surface area contributed by atoms with Gasteiger partial charge in [0.25, 0.3) is 0 Å². The van der Waals surface area contributed by atoms with Gasteiger partial charge in [-0.3, -0.25) is 0 Å². The van der Waals surface area contributed by atoms with E-state index in [1.807, 2.05) is 34.6 Å². The summed E-state index contributed by atoms with van der Waals surface area (Å²) in [6.07, 6.45) is -18.3. The van der Waals surface area contributed by atoms with Crippen molar-refractivity contribution in [3.8, 4) is 0 Å². The van der Waals surface area contributed by atoms with E-state index in [0.29, 0.717) is 51.4 Å². The average Bonchev–Trinajstić information content (AvgIpc) is 3.64. The van der Waals surface area contributed by atoms with Crippen molar-refractivity contribution < 1.29 is 89.7 Å². The monoisotopic (exact) mass is 947 g/mol. The van der Waals surface area contributed by atoms with Crippen LogP contribution in [0.25, 0.3) is 0 Å². The Morgan fingerprint density at radius 1 is 0.682 bits per heavy atom. The van der Waals surface area contributed by atoms with Gasteiger partial charge in [0.1, 0.15) is 67.1 Å². The van der Waals surface area contributed by atoms with Crippen LogP contribution in [0.4, 0.5) is 0 Å². The van der Waals surface area contributed by atoms with Gasteiger partial charge in [-0.05, 0) is 124 Å². The summed E-state index contributed by atoms with van der Waals surface area (Å²) in [5.41, 5.74) is -2.43. The predicted molar refractivity (Wildman–Crippen MR) is 234 cm³/mol. The van der Waals surface area contributed by atoms with E-state index in [4.69, 9.17) is 28.4 Å². The van der Waals surface area contributed by atoms with Crippen LogP contribution in [0, 0.1) is 45.3 Å². The van der Waals surface area contributed by atoms with Crippen molar-refractivity contribution in [2.45, 2.75) is 230 Å². The molecule has 0 aromatic carbocycles. The van der Waals surface area contributed by atoms with Crippen molar-refractivity contribution in [1.82, 2.24) is 0 Å². The van der Waals surface area contributed by atoms with Gasteiger partial charge in [-0.15, -0.1) is 0 Å². The fourth-order valence-electron chi connectivity index (χ4n) is 14.9. The fraction of sp³-hybridized carbons (Fsp3) is 0.958. The first-order valence-electron chi connectivity index (χ1n) is 24.3. The summed E-state index contributed by atoms with van der Waals surface area (Å²) < 4.78 is 38.1. The van der Waals surface area contributed by atoms with Gasteiger partial charge in [0.2, 0.25) is 0 Å². The molecule has 0 aromatic rings. The van der Waals surface area contributed by atoms with E-state index in [1.54, 1.807) is 0 Å². The Labute approximate surface area is 388 Å². The summed E-state index contributed by atoms with van der Waals surface area (Å²) in [4.78, 5) is 0. The molecule has 18 heteroatoms. The van der Waals surface area contributed by atoms with Gasteiger partial charge in [0, 0.05) is 0 Å². The molecule has 7 aliphatic rings. The summed E-state index contributed by atoms with van der Waals surface area (Å²) >= 11 is 0. The lowest BCUT2D eigenvalue weighted by molar-refractivity contribution is -0.382. The number of ether oxygens (including phenoxy) is 6. The fourth-order valence-corrected chi connectivity index (χ4v) is 14.9. The highest BCUT2D eigenvalue weighted by Crippen LogP contribution is 2.76. The lowest BCUT2D eigenvalue weighted by atomic mass is 9.34. The molecule has 3 unspecified atom stereocenters. The molecular formula is C48H82O18. The molecule has 0 amide bonds. The van der Waals surface area contributed by atoms with E-state index in [9.17, 15) is 61.3 Å². The Kier molecular flexibility index (Phi) is 15.4. The van der Waals surface area contributed by atoms with Crippen LogP contribution in [0.1, 0.15) is 114 Å². The highest BCUT2D eigenvalue weighted by atomic mass is 16.8. The zero-order valence-electron chi connectivity index (χ0n) is 40.2. The van der Waals surface area contributed by atoms with E-state index in [-0.39, 0.29) is 23.7 Å². The predicted octanol–water partition coefficient (Wildman–Crippen LogP) is -0.0284. The van der Waals surface area contributed by atoms with E-state index in [0.717, 1.165) is 5.57 Å². The van der Waals surface area contributed by atoms with Crippen LogP contribution in [0.3, 0.4) is 0 Å². The van der Waals surface area contributed by atoms with E-state index in [2.05, 4.69) is 26.8 Å². The molecule has 7 fully saturated rings. The third kappa shape index (κ3) is 8.69. The molecule has 4 saturated carbocycles. The maximum atomic E-state index is 12.7. The van der Waals surface area contributed by atoms with Crippen LogP contribution in [-0.2, 0) is 28.4 Å². The van der Waals surface area contributed by atoms with E-state index in [1.165, 1.54) is 6.92 Å². The van der Waals surface area contributed by atoms with Crippen LogP contribution < -0.4 is 0 Å². The minimum Gasteiger partial charge on any atom is -0.394 e. The topological polar surface area (TPSA) is 298 Å². The third-order valence-corrected chi connectivity index (χ3v) is 18.7. The molecule has 12 N–H and O–H groups in total. The van der Waals surface area contributed by atoms with Crippen molar-refractivity contribution in [3.63, 3.8) is 0 Å². The van der Waals surface area contributed by atoms with Gasteiger partial charge in [-0.2, -0.15) is 0 Å². The number of hydrogen-bond acceptors (Lipinski definition) is 18. The first-order chi connectivity index (χ1) is 30.7. The normalized spacial score (nSPS) is 53.5. The Balaban J connectivity index is 1.27. The Morgan fingerprint density at radius 3 is 1.89 bits per heavy atom. The Morgan fingerprint density at radius 2 is 1.27 bits per heavy atom. The van der Waals surface area contributed by atoms with Crippen molar-refractivity contribution >= 4 is 0 Å². The van der Waals surface area contributed by atoms with Crippen LogP contribution in [-0.4, -0.2) is 191 Å². The van der Waals surface area contributed by atoms with E-state index >= 15 is 0 Å².